The van der Waals surface area contributed by atoms with Gasteiger partial charge in [0.2, 0.25) is 5.91 Å². The van der Waals surface area contributed by atoms with Crippen molar-refractivity contribution < 1.29 is 33.0 Å². The van der Waals surface area contributed by atoms with Crippen molar-refractivity contribution >= 4 is 23.8 Å². The molecule has 0 fully saturated rings. The van der Waals surface area contributed by atoms with Crippen LogP contribution in [-0.2, 0) is 33.9 Å². The molecule has 0 aromatic heterocycles. The first kappa shape index (κ1) is 27.8. The van der Waals surface area contributed by atoms with Crippen LogP contribution in [0.1, 0.15) is 16.7 Å². The minimum absolute atomic E-state index is 0.0146. The predicted octanol–water partition coefficient (Wildman–Crippen LogP) is 6.02. The van der Waals surface area contributed by atoms with Crippen molar-refractivity contribution in [3.63, 3.8) is 0 Å². The topological polar surface area (TPSA) is 103 Å². The van der Waals surface area contributed by atoms with E-state index >= 15 is 0 Å². The quantitative estimate of drug-likeness (QED) is 0.188. The molecule has 1 atom stereocenters. The van der Waals surface area contributed by atoms with Crippen molar-refractivity contribution in [3.05, 3.63) is 132 Å². The average Bonchev–Trinajstić information content (AvgIpc) is 2.98. The molecular formula is C31H27FN2O6. The summed E-state index contributed by atoms with van der Waals surface area (Å²) >= 11 is 0. The first-order valence-electron chi connectivity index (χ1n) is 12.5. The Bertz CT molecular complexity index is 1410. The van der Waals surface area contributed by atoms with E-state index in [0.717, 1.165) is 11.1 Å². The number of hydrogen-bond donors (Lipinski definition) is 2. The number of carbonyl (C=O) groups is 3. The maximum Gasteiger partial charge on any atom is 0.514 e. The molecule has 0 spiro atoms. The highest BCUT2D eigenvalue weighted by Gasteiger charge is 2.23. The zero-order chi connectivity index (χ0) is 28.2. The zero-order valence-electron chi connectivity index (χ0n) is 21.4. The van der Waals surface area contributed by atoms with Crippen LogP contribution in [0.2, 0.25) is 0 Å². The lowest BCUT2D eigenvalue weighted by atomic mass is 10.0. The second kappa shape index (κ2) is 14.1. The molecule has 8 nitrogen and oxygen atoms in total. The lowest BCUT2D eigenvalue weighted by molar-refractivity contribution is -0.118. The van der Waals surface area contributed by atoms with Crippen molar-refractivity contribution in [2.45, 2.75) is 25.7 Å². The Morgan fingerprint density at radius 3 is 1.88 bits per heavy atom. The smallest absolute Gasteiger partial charge is 0.445 e. The largest absolute Gasteiger partial charge is 0.514 e. The van der Waals surface area contributed by atoms with Gasteiger partial charge in [-0.2, -0.15) is 0 Å². The van der Waals surface area contributed by atoms with E-state index in [1.165, 1.54) is 18.2 Å². The number of rotatable bonds is 10. The van der Waals surface area contributed by atoms with Crippen LogP contribution in [0, 0.1) is 5.82 Å². The number of alkyl carbamates (subject to hydrolysis) is 1. The molecule has 0 bridgehead atoms. The summed E-state index contributed by atoms with van der Waals surface area (Å²) in [6, 6.07) is 29.3. The fraction of sp³-hybridized carbons (Fsp3) is 0.129. The average molecular weight is 543 g/mol. The second-order valence-electron chi connectivity index (χ2n) is 8.70. The number of halogens is 1. The van der Waals surface area contributed by atoms with E-state index in [-0.39, 0.29) is 31.1 Å². The SMILES string of the molecule is O=C(N[C@H](Cc1ccc(OC(=O)OCc2ccccc2)cc1)C(=O)Nc1ccccc1F)OCc1ccccc1. The highest BCUT2D eigenvalue weighted by molar-refractivity contribution is 5.96. The molecule has 0 radical (unpaired) electrons. The summed E-state index contributed by atoms with van der Waals surface area (Å²) in [6.45, 7) is 0.0866. The van der Waals surface area contributed by atoms with E-state index in [2.05, 4.69) is 10.6 Å². The van der Waals surface area contributed by atoms with E-state index in [9.17, 15) is 18.8 Å². The Hall–Kier alpha value is -5.18. The molecule has 0 aliphatic rings. The van der Waals surface area contributed by atoms with E-state index in [0.29, 0.717) is 5.56 Å². The van der Waals surface area contributed by atoms with E-state index in [1.807, 2.05) is 48.5 Å². The summed E-state index contributed by atoms with van der Waals surface area (Å²) in [7, 11) is 0. The standard InChI is InChI=1S/C31H27FN2O6/c32-26-13-7-8-14-27(26)33-29(35)28(34-30(36)38-20-23-9-3-1-4-10-23)19-22-15-17-25(18-16-22)40-31(37)39-21-24-11-5-2-6-12-24/h1-18,28H,19-21H2,(H,33,35)(H,34,36)/t28-/m1/s1. The summed E-state index contributed by atoms with van der Waals surface area (Å²) in [4.78, 5) is 37.6. The fourth-order valence-corrected chi connectivity index (χ4v) is 3.67. The van der Waals surface area contributed by atoms with Gasteiger partial charge in [-0.3, -0.25) is 4.79 Å². The molecule has 0 unspecified atom stereocenters. The molecule has 0 saturated heterocycles. The molecule has 0 heterocycles. The van der Waals surface area contributed by atoms with Gasteiger partial charge in [0.1, 0.15) is 30.8 Å². The number of anilines is 1. The lowest BCUT2D eigenvalue weighted by Gasteiger charge is -2.19. The minimum Gasteiger partial charge on any atom is -0.445 e. The van der Waals surface area contributed by atoms with Gasteiger partial charge in [0, 0.05) is 6.42 Å². The molecule has 2 N–H and O–H groups in total. The maximum absolute atomic E-state index is 14.1. The second-order valence-corrected chi connectivity index (χ2v) is 8.70. The Labute approximate surface area is 230 Å². The van der Waals surface area contributed by atoms with Gasteiger partial charge in [-0.25, -0.2) is 14.0 Å². The molecule has 4 aromatic rings. The summed E-state index contributed by atoms with van der Waals surface area (Å²) in [5.74, 6) is -1.00. The van der Waals surface area contributed by atoms with Crippen molar-refractivity contribution in [1.29, 1.82) is 0 Å². The zero-order valence-corrected chi connectivity index (χ0v) is 21.4. The summed E-state index contributed by atoms with van der Waals surface area (Å²) < 4.78 is 29.7. The van der Waals surface area contributed by atoms with Crippen LogP contribution in [0.25, 0.3) is 0 Å². The van der Waals surface area contributed by atoms with Gasteiger partial charge in [0.15, 0.2) is 0 Å². The van der Waals surface area contributed by atoms with Crippen LogP contribution in [0.5, 0.6) is 5.75 Å². The Morgan fingerprint density at radius 2 is 1.25 bits per heavy atom. The third-order valence-electron chi connectivity index (χ3n) is 5.72. The molecule has 9 heteroatoms. The number of amides is 2. The Balaban J connectivity index is 1.37. The van der Waals surface area contributed by atoms with Gasteiger partial charge in [0.25, 0.3) is 0 Å². The van der Waals surface area contributed by atoms with Gasteiger partial charge in [-0.05, 0) is 41.0 Å². The number of ether oxygens (including phenoxy) is 3. The van der Waals surface area contributed by atoms with Crippen LogP contribution in [0.15, 0.2) is 109 Å². The summed E-state index contributed by atoms with van der Waals surface area (Å²) in [5.41, 5.74) is 2.23. The van der Waals surface area contributed by atoms with Crippen LogP contribution in [0.4, 0.5) is 19.7 Å². The molecule has 204 valence electrons. The highest BCUT2D eigenvalue weighted by atomic mass is 19.1. The maximum atomic E-state index is 14.1. The normalized spacial score (nSPS) is 11.1. The number of nitrogens with one attached hydrogen (secondary N) is 2. The van der Waals surface area contributed by atoms with Crippen molar-refractivity contribution in [2.75, 3.05) is 5.32 Å². The lowest BCUT2D eigenvalue weighted by Crippen LogP contribution is -2.45. The van der Waals surface area contributed by atoms with Crippen molar-refractivity contribution in [3.8, 4) is 5.75 Å². The van der Waals surface area contributed by atoms with Crippen LogP contribution < -0.4 is 15.4 Å². The molecule has 2 amide bonds. The van der Waals surface area contributed by atoms with E-state index in [4.69, 9.17) is 14.2 Å². The molecule has 0 aliphatic carbocycles. The molecule has 4 aromatic carbocycles. The number of carbonyl (C=O) groups excluding carboxylic acids is 3. The van der Waals surface area contributed by atoms with Gasteiger partial charge < -0.3 is 24.8 Å². The first-order valence-corrected chi connectivity index (χ1v) is 12.5. The predicted molar refractivity (Wildman–Crippen MR) is 146 cm³/mol. The fourth-order valence-electron chi connectivity index (χ4n) is 3.67. The minimum atomic E-state index is -1.09. The van der Waals surface area contributed by atoms with Crippen LogP contribution in [-0.4, -0.2) is 24.2 Å². The molecule has 0 aliphatic heterocycles. The van der Waals surface area contributed by atoms with Gasteiger partial charge >= 0.3 is 12.2 Å². The van der Waals surface area contributed by atoms with Gasteiger partial charge in [0.05, 0.1) is 5.69 Å². The molecule has 40 heavy (non-hydrogen) atoms. The monoisotopic (exact) mass is 542 g/mol. The molecule has 0 saturated carbocycles. The highest BCUT2D eigenvalue weighted by Crippen LogP contribution is 2.17. The summed E-state index contributed by atoms with van der Waals surface area (Å²) in [5, 5.41) is 5.06. The third-order valence-corrected chi connectivity index (χ3v) is 5.72. The summed E-state index contributed by atoms with van der Waals surface area (Å²) in [6.07, 6.45) is -1.61. The molecular weight excluding hydrogens is 515 g/mol. The first-order chi connectivity index (χ1) is 19.5. The van der Waals surface area contributed by atoms with Crippen molar-refractivity contribution in [1.82, 2.24) is 5.32 Å². The van der Waals surface area contributed by atoms with Gasteiger partial charge in [-0.15, -0.1) is 0 Å². The van der Waals surface area contributed by atoms with Crippen molar-refractivity contribution in [2.24, 2.45) is 0 Å². The number of hydrogen-bond acceptors (Lipinski definition) is 6. The van der Waals surface area contributed by atoms with Crippen LogP contribution in [0.3, 0.4) is 0 Å². The Kier molecular flexibility index (Phi) is 9.82. The van der Waals surface area contributed by atoms with Gasteiger partial charge in [-0.1, -0.05) is 84.9 Å². The third kappa shape index (κ3) is 8.70. The Morgan fingerprint density at radius 1 is 0.675 bits per heavy atom. The number of para-hydroxylation sites is 1. The van der Waals surface area contributed by atoms with E-state index in [1.54, 1.807) is 42.5 Å². The number of benzene rings is 4. The molecule has 4 rings (SSSR count). The van der Waals surface area contributed by atoms with E-state index < -0.39 is 30.0 Å². The van der Waals surface area contributed by atoms with Crippen LogP contribution >= 0.6 is 0 Å².